The van der Waals surface area contributed by atoms with Crippen molar-refractivity contribution in [2.75, 3.05) is 18.9 Å². The number of hydrogen-bond donors (Lipinski definition) is 1. The third kappa shape index (κ3) is 5.03. The predicted octanol–water partition coefficient (Wildman–Crippen LogP) is 2.99. The molecule has 0 aliphatic heterocycles. The minimum Gasteiger partial charge on any atom is -0.489 e. The van der Waals surface area contributed by atoms with E-state index in [2.05, 4.69) is 14.7 Å². The zero-order valence-corrected chi connectivity index (χ0v) is 17.4. The number of sulfonamides is 1. The predicted molar refractivity (Wildman–Crippen MR) is 108 cm³/mol. The molecule has 1 aromatic heterocycles. The molecule has 1 aliphatic carbocycles. The highest BCUT2D eigenvalue weighted by molar-refractivity contribution is 7.92. The molecule has 0 bridgehead atoms. The zero-order valence-electron chi connectivity index (χ0n) is 16.6. The molecule has 1 aromatic carbocycles. The van der Waals surface area contributed by atoms with Crippen LogP contribution in [0.3, 0.4) is 0 Å². The summed E-state index contributed by atoms with van der Waals surface area (Å²) in [4.78, 5) is 20.3. The molecular weight excluding hydrogens is 394 g/mol. The molecule has 2 aromatic rings. The van der Waals surface area contributed by atoms with E-state index in [0.29, 0.717) is 6.42 Å². The van der Waals surface area contributed by atoms with Crippen LogP contribution in [0.2, 0.25) is 0 Å². The second kappa shape index (κ2) is 9.21. The van der Waals surface area contributed by atoms with E-state index in [0.717, 1.165) is 31.2 Å². The number of nitrogens with zero attached hydrogens (tertiary/aromatic N) is 2. The van der Waals surface area contributed by atoms with Gasteiger partial charge in [-0.2, -0.15) is 4.98 Å². The first-order valence-corrected chi connectivity index (χ1v) is 11.0. The van der Waals surface area contributed by atoms with Gasteiger partial charge in [-0.25, -0.2) is 13.4 Å². The second-order valence-corrected chi connectivity index (χ2v) is 8.67. The molecule has 0 atom stereocenters. The first-order valence-electron chi connectivity index (χ1n) is 9.52. The van der Waals surface area contributed by atoms with Gasteiger partial charge >= 0.3 is 0 Å². The minimum atomic E-state index is -3.90. The van der Waals surface area contributed by atoms with E-state index < -0.39 is 10.0 Å². The van der Waals surface area contributed by atoms with E-state index in [4.69, 9.17) is 9.47 Å². The van der Waals surface area contributed by atoms with Crippen molar-refractivity contribution in [3.05, 3.63) is 36.2 Å². The summed E-state index contributed by atoms with van der Waals surface area (Å²) in [7, 11) is -1.13. The van der Waals surface area contributed by atoms with Crippen molar-refractivity contribution in [1.29, 1.82) is 0 Å². The molecule has 1 aliphatic rings. The first kappa shape index (κ1) is 21.0. The van der Waals surface area contributed by atoms with Gasteiger partial charge in [0.05, 0.1) is 19.1 Å². The Labute approximate surface area is 170 Å². The number of rotatable bonds is 8. The fourth-order valence-electron chi connectivity index (χ4n) is 3.50. The van der Waals surface area contributed by atoms with E-state index in [-0.39, 0.29) is 34.0 Å². The molecule has 3 rings (SSSR count). The summed E-state index contributed by atoms with van der Waals surface area (Å²) in [6, 6.07) is 6.31. The fraction of sp³-hybridized carbons (Fsp3) is 0.450. The van der Waals surface area contributed by atoms with Crippen LogP contribution in [0.4, 0.5) is 5.82 Å². The van der Waals surface area contributed by atoms with E-state index in [9.17, 15) is 13.2 Å². The van der Waals surface area contributed by atoms with Crippen molar-refractivity contribution < 1.29 is 22.7 Å². The van der Waals surface area contributed by atoms with Crippen LogP contribution in [0, 0.1) is 5.92 Å². The highest BCUT2D eigenvalue weighted by Crippen LogP contribution is 2.32. The Hall–Kier alpha value is -2.68. The average molecular weight is 420 g/mol. The summed E-state index contributed by atoms with van der Waals surface area (Å²) in [5, 5.41) is 0. The molecule has 1 heterocycles. The summed E-state index contributed by atoms with van der Waals surface area (Å²) in [6.45, 7) is 0. The third-order valence-corrected chi connectivity index (χ3v) is 6.43. The quantitative estimate of drug-likeness (QED) is 0.701. The van der Waals surface area contributed by atoms with Crippen molar-refractivity contribution in [2.45, 2.75) is 43.4 Å². The fourth-order valence-corrected chi connectivity index (χ4v) is 4.51. The molecule has 29 heavy (non-hydrogen) atoms. The number of carbonyl (C=O) groups is 1. The average Bonchev–Trinajstić information content (AvgIpc) is 2.74. The Morgan fingerprint density at radius 1 is 1.07 bits per heavy atom. The van der Waals surface area contributed by atoms with Crippen LogP contribution in [-0.2, 0) is 21.2 Å². The van der Waals surface area contributed by atoms with E-state index in [1.807, 2.05) is 0 Å². The summed E-state index contributed by atoms with van der Waals surface area (Å²) < 4.78 is 38.0. The van der Waals surface area contributed by atoms with Crippen molar-refractivity contribution in [1.82, 2.24) is 9.97 Å². The largest absolute Gasteiger partial charge is 0.489 e. The molecule has 1 N–H and O–H groups in total. The number of hydrogen-bond acceptors (Lipinski definition) is 7. The molecule has 0 spiro atoms. The number of benzene rings is 1. The first-order chi connectivity index (χ1) is 13.9. The van der Waals surface area contributed by atoms with E-state index >= 15 is 0 Å². The molecular formula is C20H25N3O5S. The maximum Gasteiger partial charge on any atom is 0.263 e. The van der Waals surface area contributed by atoms with Crippen LogP contribution in [0.1, 0.15) is 37.7 Å². The highest BCUT2D eigenvalue weighted by Gasteiger charge is 2.23. The summed E-state index contributed by atoms with van der Waals surface area (Å²) >= 11 is 0. The number of ether oxygens (including phenoxy) is 2. The lowest BCUT2D eigenvalue weighted by Gasteiger charge is -2.20. The second-order valence-electron chi connectivity index (χ2n) is 6.99. The van der Waals surface area contributed by atoms with Gasteiger partial charge in [0.25, 0.3) is 15.9 Å². The Kier molecular flexibility index (Phi) is 6.68. The molecule has 0 unspecified atom stereocenters. The summed E-state index contributed by atoms with van der Waals surface area (Å²) in [5.74, 6) is 0.561. The number of methoxy groups -OCH3 is 2. The maximum absolute atomic E-state index is 12.7. The van der Waals surface area contributed by atoms with Crippen molar-refractivity contribution >= 4 is 21.6 Å². The van der Waals surface area contributed by atoms with Gasteiger partial charge in [-0.15, -0.1) is 0 Å². The van der Waals surface area contributed by atoms with Crippen molar-refractivity contribution in [2.24, 2.45) is 5.92 Å². The van der Waals surface area contributed by atoms with Gasteiger partial charge in [0.15, 0.2) is 5.82 Å². The Balaban J connectivity index is 1.72. The molecule has 9 heteroatoms. The van der Waals surface area contributed by atoms with Crippen LogP contribution in [-0.4, -0.2) is 38.4 Å². The van der Waals surface area contributed by atoms with Gasteiger partial charge < -0.3 is 9.47 Å². The number of nitrogens with one attached hydrogen (secondary N) is 1. The maximum atomic E-state index is 12.7. The van der Waals surface area contributed by atoms with Crippen LogP contribution in [0.5, 0.6) is 11.6 Å². The topological polar surface area (TPSA) is 107 Å². The van der Waals surface area contributed by atoms with Gasteiger partial charge in [0.1, 0.15) is 12.1 Å². The minimum absolute atomic E-state index is 0.0177. The van der Waals surface area contributed by atoms with Crippen molar-refractivity contribution in [3.63, 3.8) is 0 Å². The number of ketones is 1. The SMILES string of the molecule is COc1ncnc(NS(=O)(=O)c2ccc(CC(=O)C3CCCCC3)cc2)c1OC. The molecule has 0 saturated heterocycles. The lowest BCUT2D eigenvalue weighted by molar-refractivity contribution is -0.123. The van der Waals surface area contributed by atoms with Gasteiger partial charge in [0, 0.05) is 12.3 Å². The Morgan fingerprint density at radius 2 is 1.76 bits per heavy atom. The third-order valence-electron chi connectivity index (χ3n) is 5.07. The van der Waals surface area contributed by atoms with Crippen molar-refractivity contribution in [3.8, 4) is 11.6 Å². The molecule has 0 radical (unpaired) electrons. The molecule has 1 saturated carbocycles. The monoisotopic (exact) mass is 419 g/mol. The summed E-state index contributed by atoms with van der Waals surface area (Å²) in [6.07, 6.45) is 6.84. The summed E-state index contributed by atoms with van der Waals surface area (Å²) in [5.41, 5.74) is 0.806. The Morgan fingerprint density at radius 3 is 2.38 bits per heavy atom. The smallest absolute Gasteiger partial charge is 0.263 e. The normalized spacial score (nSPS) is 15.0. The van der Waals surface area contributed by atoms with Gasteiger partial charge in [-0.1, -0.05) is 31.4 Å². The highest BCUT2D eigenvalue weighted by atomic mass is 32.2. The van der Waals surface area contributed by atoms with Gasteiger partial charge in [-0.05, 0) is 30.5 Å². The molecule has 8 nitrogen and oxygen atoms in total. The zero-order chi connectivity index (χ0) is 20.9. The van der Waals surface area contributed by atoms with Gasteiger partial charge in [0.2, 0.25) is 5.75 Å². The standard InChI is InChI=1S/C20H25N3O5S/c1-27-18-19(21-13-22-20(18)28-2)23-29(25,26)16-10-8-14(9-11-16)12-17(24)15-6-4-3-5-7-15/h8-11,13,15H,3-7,12H2,1-2H3,(H,21,22,23). The molecule has 156 valence electrons. The molecule has 1 fully saturated rings. The number of aromatic nitrogens is 2. The van der Waals surface area contributed by atoms with Crippen LogP contribution < -0.4 is 14.2 Å². The van der Waals surface area contributed by atoms with Crippen LogP contribution in [0.15, 0.2) is 35.5 Å². The number of carbonyl (C=O) groups excluding carboxylic acids is 1. The van der Waals surface area contributed by atoms with Crippen LogP contribution in [0.25, 0.3) is 0 Å². The number of anilines is 1. The lowest BCUT2D eigenvalue weighted by Crippen LogP contribution is -2.19. The Bertz CT molecular complexity index is 955. The van der Waals surface area contributed by atoms with E-state index in [1.54, 1.807) is 12.1 Å². The lowest BCUT2D eigenvalue weighted by atomic mass is 9.84. The van der Waals surface area contributed by atoms with E-state index in [1.165, 1.54) is 39.1 Å². The number of Topliss-reactive ketones (excluding diaryl/α,β-unsaturated/α-hetero) is 1. The van der Waals surface area contributed by atoms with Gasteiger partial charge in [-0.3, -0.25) is 9.52 Å². The van der Waals surface area contributed by atoms with Crippen LogP contribution >= 0.6 is 0 Å². The molecule has 0 amide bonds.